The molecule has 0 fully saturated rings. The Labute approximate surface area is 247 Å². The Morgan fingerprint density at radius 1 is 0.756 bits per heavy atom. The molecule has 0 N–H and O–H groups in total. The van der Waals surface area contributed by atoms with E-state index in [0.29, 0.717) is 0 Å². The number of benzene rings is 3. The van der Waals surface area contributed by atoms with Gasteiger partial charge in [0.2, 0.25) is 0 Å². The molecule has 3 aromatic carbocycles. The molecule has 0 aliphatic carbocycles. The second-order valence-corrected chi connectivity index (χ2v) is 12.5. The van der Waals surface area contributed by atoms with E-state index in [1.54, 1.807) is 13.8 Å². The van der Waals surface area contributed by atoms with E-state index < -0.39 is 19.3 Å². The van der Waals surface area contributed by atoms with E-state index in [4.69, 9.17) is 13.6 Å². The van der Waals surface area contributed by atoms with Gasteiger partial charge in [0.15, 0.2) is 0 Å². The smallest absolute Gasteiger partial charge is 0.295 e. The summed E-state index contributed by atoms with van der Waals surface area (Å²) in [4.78, 5) is 2.49. The van der Waals surface area contributed by atoms with Gasteiger partial charge in [-0.3, -0.25) is 18.5 Å². The van der Waals surface area contributed by atoms with E-state index in [1.165, 1.54) is 16.7 Å². The van der Waals surface area contributed by atoms with Gasteiger partial charge in [-0.05, 0) is 56.3 Å². The number of phosphoric ester groups is 1. The Morgan fingerprint density at radius 3 is 1.73 bits per heavy atom. The van der Waals surface area contributed by atoms with E-state index in [9.17, 15) is 4.57 Å². The standard InChI is InChI=1S/C35H46NO4P/c1-5-38-41(37,39-6-2)40-34(35(3,4)28-31-20-12-9-13-21-31)26-18-7-8-19-27-36(29-32-22-14-10-15-23-32)30-33-24-16-11-17-25-33/h9-17,20-25,34H,5-8,19,27-30H2,1-4H3/t34-/m0/s1. The number of unbranched alkanes of at least 4 members (excludes halogenated alkanes) is 2. The number of phosphoric acid groups is 1. The fourth-order valence-electron chi connectivity index (χ4n) is 4.73. The molecule has 0 aromatic heterocycles. The lowest BCUT2D eigenvalue weighted by Gasteiger charge is -2.32. The minimum absolute atomic E-state index is 0.235. The highest BCUT2D eigenvalue weighted by Crippen LogP contribution is 2.52. The second-order valence-electron chi connectivity index (χ2n) is 10.9. The molecule has 1 atom stereocenters. The van der Waals surface area contributed by atoms with Crippen LogP contribution >= 0.6 is 7.82 Å². The maximum absolute atomic E-state index is 13.3. The van der Waals surface area contributed by atoms with Gasteiger partial charge in [0.25, 0.3) is 0 Å². The summed E-state index contributed by atoms with van der Waals surface area (Å²) in [7, 11) is -3.73. The first kappa shape index (κ1) is 32.8. The molecule has 3 rings (SSSR count). The molecule has 0 amide bonds. The van der Waals surface area contributed by atoms with Crippen LogP contribution in [0.4, 0.5) is 0 Å². The zero-order valence-corrected chi connectivity index (χ0v) is 26.0. The van der Waals surface area contributed by atoms with Crippen molar-refractivity contribution in [3.63, 3.8) is 0 Å². The SMILES string of the molecule is CCOP(=O)(OCC)O[C@@H](C#CCCCCN(Cc1ccccc1)Cc1ccccc1)C(C)(C)Cc1ccccc1. The summed E-state index contributed by atoms with van der Waals surface area (Å²) in [6, 6.07) is 31.5. The molecule has 3 aromatic rings. The maximum atomic E-state index is 13.3. The maximum Gasteiger partial charge on any atom is 0.475 e. The molecule has 0 saturated carbocycles. The fourth-order valence-corrected chi connectivity index (χ4v) is 6.16. The van der Waals surface area contributed by atoms with Gasteiger partial charge in [0, 0.05) is 24.9 Å². The third-order valence-electron chi connectivity index (χ3n) is 6.78. The molecule has 0 aliphatic rings. The lowest BCUT2D eigenvalue weighted by atomic mass is 9.80. The van der Waals surface area contributed by atoms with E-state index in [2.05, 4.69) is 103 Å². The van der Waals surface area contributed by atoms with Gasteiger partial charge in [-0.25, -0.2) is 4.57 Å². The summed E-state index contributed by atoms with van der Waals surface area (Å²) in [5.41, 5.74) is 3.39. The van der Waals surface area contributed by atoms with Gasteiger partial charge in [0.05, 0.1) is 13.2 Å². The topological polar surface area (TPSA) is 48.0 Å². The Balaban J connectivity index is 1.64. The highest BCUT2D eigenvalue weighted by Gasteiger charge is 2.38. The van der Waals surface area contributed by atoms with Crippen LogP contribution in [0.25, 0.3) is 0 Å². The van der Waals surface area contributed by atoms with Crippen LogP contribution in [0.3, 0.4) is 0 Å². The van der Waals surface area contributed by atoms with Crippen LogP contribution in [-0.2, 0) is 37.6 Å². The highest BCUT2D eigenvalue weighted by molar-refractivity contribution is 7.48. The van der Waals surface area contributed by atoms with Gasteiger partial charge in [-0.1, -0.05) is 111 Å². The van der Waals surface area contributed by atoms with Crippen molar-refractivity contribution in [3.8, 4) is 11.8 Å². The van der Waals surface area contributed by atoms with Crippen molar-refractivity contribution in [1.82, 2.24) is 4.90 Å². The molecule has 41 heavy (non-hydrogen) atoms. The number of hydrogen-bond donors (Lipinski definition) is 0. The number of hydrogen-bond acceptors (Lipinski definition) is 5. The zero-order valence-electron chi connectivity index (χ0n) is 25.1. The Morgan fingerprint density at radius 2 is 1.24 bits per heavy atom. The summed E-state index contributed by atoms with van der Waals surface area (Å²) in [6.07, 6.45) is 2.84. The van der Waals surface area contributed by atoms with Crippen molar-refractivity contribution in [2.24, 2.45) is 5.41 Å². The van der Waals surface area contributed by atoms with Crippen LogP contribution in [0.2, 0.25) is 0 Å². The normalized spacial score (nSPS) is 12.6. The average molecular weight is 576 g/mol. The summed E-state index contributed by atoms with van der Waals surface area (Å²) < 4.78 is 30.3. The first-order chi connectivity index (χ1) is 19.8. The van der Waals surface area contributed by atoms with Crippen LogP contribution in [-0.4, -0.2) is 30.8 Å². The molecule has 0 saturated heterocycles. The predicted octanol–water partition coefficient (Wildman–Crippen LogP) is 8.70. The van der Waals surface area contributed by atoms with E-state index in [0.717, 1.165) is 45.3 Å². The summed E-state index contributed by atoms with van der Waals surface area (Å²) in [5.74, 6) is 6.63. The lowest BCUT2D eigenvalue weighted by molar-refractivity contribution is 0.0525. The van der Waals surface area contributed by atoms with Crippen LogP contribution < -0.4 is 0 Å². The predicted molar refractivity (Wildman–Crippen MR) is 168 cm³/mol. The van der Waals surface area contributed by atoms with Gasteiger partial charge in [-0.15, -0.1) is 5.92 Å². The Kier molecular flexibility index (Phi) is 13.8. The largest absolute Gasteiger partial charge is 0.475 e. The molecular formula is C35H46NO4P. The fraction of sp³-hybridized carbons (Fsp3) is 0.429. The Bertz CT molecular complexity index is 1190. The Hall–Kier alpha value is -2.71. The van der Waals surface area contributed by atoms with E-state index >= 15 is 0 Å². The first-order valence-corrected chi connectivity index (χ1v) is 16.2. The number of rotatable bonds is 17. The molecule has 0 spiro atoms. The zero-order chi connectivity index (χ0) is 29.4. The summed E-state index contributed by atoms with van der Waals surface area (Å²) in [5, 5.41) is 0. The van der Waals surface area contributed by atoms with Crippen molar-refractivity contribution in [2.75, 3.05) is 19.8 Å². The molecule has 0 aliphatic heterocycles. The molecule has 0 unspecified atom stereocenters. The molecule has 220 valence electrons. The van der Waals surface area contributed by atoms with E-state index in [-0.39, 0.29) is 13.2 Å². The lowest BCUT2D eigenvalue weighted by Crippen LogP contribution is -2.33. The number of nitrogens with zero attached hydrogens (tertiary/aromatic N) is 1. The monoisotopic (exact) mass is 575 g/mol. The summed E-state index contributed by atoms with van der Waals surface area (Å²) in [6.45, 7) is 11.0. The van der Waals surface area contributed by atoms with Crippen molar-refractivity contribution in [2.45, 2.75) is 72.6 Å². The van der Waals surface area contributed by atoms with Crippen LogP contribution in [0.1, 0.15) is 63.6 Å². The van der Waals surface area contributed by atoms with Crippen molar-refractivity contribution in [1.29, 1.82) is 0 Å². The third kappa shape index (κ3) is 12.0. The minimum Gasteiger partial charge on any atom is -0.295 e. The first-order valence-electron chi connectivity index (χ1n) is 14.7. The second kappa shape index (κ2) is 17.3. The van der Waals surface area contributed by atoms with Gasteiger partial charge >= 0.3 is 7.82 Å². The molecule has 0 heterocycles. The van der Waals surface area contributed by atoms with Gasteiger partial charge in [0.1, 0.15) is 6.10 Å². The molecule has 0 bridgehead atoms. The van der Waals surface area contributed by atoms with Crippen LogP contribution in [0.5, 0.6) is 0 Å². The van der Waals surface area contributed by atoms with Crippen molar-refractivity contribution < 1.29 is 18.1 Å². The molecular weight excluding hydrogens is 529 g/mol. The van der Waals surface area contributed by atoms with Gasteiger partial charge in [-0.2, -0.15) is 0 Å². The molecule has 0 radical (unpaired) electrons. The quantitative estimate of drug-likeness (QED) is 0.0915. The average Bonchev–Trinajstić information content (AvgIpc) is 2.96. The van der Waals surface area contributed by atoms with Crippen molar-refractivity contribution in [3.05, 3.63) is 108 Å². The van der Waals surface area contributed by atoms with Crippen LogP contribution in [0.15, 0.2) is 91.0 Å². The summed E-state index contributed by atoms with van der Waals surface area (Å²) >= 11 is 0. The molecule has 5 nitrogen and oxygen atoms in total. The third-order valence-corrected chi connectivity index (χ3v) is 8.40. The van der Waals surface area contributed by atoms with Gasteiger partial charge < -0.3 is 0 Å². The minimum atomic E-state index is -3.73. The molecule has 6 heteroatoms. The van der Waals surface area contributed by atoms with Crippen LogP contribution in [0, 0.1) is 17.3 Å². The highest BCUT2D eigenvalue weighted by atomic mass is 31.2. The van der Waals surface area contributed by atoms with E-state index in [1.807, 2.05) is 18.2 Å². The van der Waals surface area contributed by atoms with Crippen molar-refractivity contribution >= 4 is 7.82 Å².